The molecule has 5 nitrogen and oxygen atoms in total. The second-order valence-corrected chi connectivity index (χ2v) is 4.35. The minimum absolute atomic E-state index is 0.285. The zero-order chi connectivity index (χ0) is 12.4. The van der Waals surface area contributed by atoms with Crippen LogP contribution in [-0.2, 0) is 0 Å². The van der Waals surface area contributed by atoms with Gasteiger partial charge in [-0.3, -0.25) is 4.98 Å². The zero-order valence-corrected chi connectivity index (χ0v) is 10.2. The van der Waals surface area contributed by atoms with Gasteiger partial charge in [-0.15, -0.1) is 0 Å². The van der Waals surface area contributed by atoms with Gasteiger partial charge in [0, 0.05) is 6.04 Å². The van der Waals surface area contributed by atoms with Crippen LogP contribution in [0.3, 0.4) is 0 Å². The predicted octanol–water partition coefficient (Wildman–Crippen LogP) is 2.34. The molecule has 17 heavy (non-hydrogen) atoms. The zero-order valence-electron chi connectivity index (χ0n) is 10.2. The number of hydrogen-bond acceptors (Lipinski definition) is 4. The number of nitrogens with one attached hydrogen (secondary N) is 2. The molecule has 0 aliphatic rings. The Bertz CT molecular complexity index is 508. The number of halogens is 1. The van der Waals surface area contributed by atoms with Gasteiger partial charge in [0.1, 0.15) is 6.33 Å². The van der Waals surface area contributed by atoms with Crippen LogP contribution in [0.25, 0.3) is 11.2 Å². The lowest BCUT2D eigenvalue weighted by Crippen LogP contribution is -2.25. The quantitative estimate of drug-likeness (QED) is 0.801. The van der Waals surface area contributed by atoms with Gasteiger partial charge in [0.15, 0.2) is 17.0 Å². The highest BCUT2D eigenvalue weighted by atomic mass is 19.1. The van der Waals surface area contributed by atoms with E-state index in [1.165, 1.54) is 6.33 Å². The standard InChI is InChI=1S/C11H16FN5/c1-4-7(6(2)3)15-9-8-10(14-5-13-9)17-11(12)16-8/h5-7H,4H2,1-3H3,(H2,13,14,15,16,17)/t7-/m0/s1. The van der Waals surface area contributed by atoms with Crippen LogP contribution in [0.5, 0.6) is 0 Å². The third kappa shape index (κ3) is 2.35. The Morgan fingerprint density at radius 3 is 2.82 bits per heavy atom. The van der Waals surface area contributed by atoms with E-state index in [2.05, 4.69) is 46.0 Å². The molecule has 0 aliphatic heterocycles. The van der Waals surface area contributed by atoms with E-state index in [9.17, 15) is 4.39 Å². The summed E-state index contributed by atoms with van der Waals surface area (Å²) in [4.78, 5) is 14.3. The summed E-state index contributed by atoms with van der Waals surface area (Å²) >= 11 is 0. The van der Waals surface area contributed by atoms with Crippen molar-refractivity contribution < 1.29 is 4.39 Å². The maximum Gasteiger partial charge on any atom is 0.288 e. The minimum atomic E-state index is -0.638. The van der Waals surface area contributed by atoms with Crippen molar-refractivity contribution in [2.75, 3.05) is 5.32 Å². The molecule has 0 aliphatic carbocycles. The molecule has 2 rings (SSSR count). The van der Waals surface area contributed by atoms with Crippen molar-refractivity contribution in [2.24, 2.45) is 5.92 Å². The summed E-state index contributed by atoms with van der Waals surface area (Å²) in [6, 6.07) is 0.285. The van der Waals surface area contributed by atoms with Gasteiger partial charge in [0.05, 0.1) is 0 Å². The minimum Gasteiger partial charge on any atom is -0.365 e. The van der Waals surface area contributed by atoms with Gasteiger partial charge >= 0.3 is 0 Å². The number of H-pyrrole nitrogens is 1. The number of aromatic amines is 1. The summed E-state index contributed by atoms with van der Waals surface area (Å²) in [5, 5.41) is 3.28. The molecule has 0 unspecified atom stereocenters. The van der Waals surface area contributed by atoms with Crippen molar-refractivity contribution in [3.8, 4) is 0 Å². The highest BCUT2D eigenvalue weighted by Crippen LogP contribution is 2.19. The maximum absolute atomic E-state index is 13.0. The topological polar surface area (TPSA) is 66.5 Å². The van der Waals surface area contributed by atoms with Gasteiger partial charge in [0.2, 0.25) is 0 Å². The normalized spacial score (nSPS) is 13.2. The Balaban J connectivity index is 2.34. The van der Waals surface area contributed by atoms with Crippen LogP contribution in [0.1, 0.15) is 27.2 Å². The molecular weight excluding hydrogens is 221 g/mol. The molecule has 0 spiro atoms. The van der Waals surface area contributed by atoms with Gasteiger partial charge in [0.25, 0.3) is 6.08 Å². The molecule has 0 aromatic carbocycles. The van der Waals surface area contributed by atoms with E-state index in [1.54, 1.807) is 0 Å². The average Bonchev–Trinajstić information content (AvgIpc) is 2.66. The third-order valence-electron chi connectivity index (χ3n) is 2.82. The monoisotopic (exact) mass is 237 g/mol. The summed E-state index contributed by atoms with van der Waals surface area (Å²) < 4.78 is 13.0. The van der Waals surface area contributed by atoms with Crippen LogP contribution >= 0.6 is 0 Å². The fourth-order valence-corrected chi connectivity index (χ4v) is 1.82. The molecule has 0 amide bonds. The number of rotatable bonds is 4. The second kappa shape index (κ2) is 4.65. The molecule has 92 valence electrons. The lowest BCUT2D eigenvalue weighted by atomic mass is 10.0. The molecule has 0 fully saturated rings. The van der Waals surface area contributed by atoms with Crippen molar-refractivity contribution in [3.63, 3.8) is 0 Å². The Kier molecular flexibility index (Phi) is 3.21. The first-order chi connectivity index (χ1) is 8.11. The highest BCUT2D eigenvalue weighted by Gasteiger charge is 2.15. The lowest BCUT2D eigenvalue weighted by Gasteiger charge is -2.21. The Morgan fingerprint density at radius 1 is 1.41 bits per heavy atom. The summed E-state index contributed by atoms with van der Waals surface area (Å²) in [6.45, 7) is 6.36. The van der Waals surface area contributed by atoms with Crippen molar-refractivity contribution in [2.45, 2.75) is 33.2 Å². The molecule has 6 heteroatoms. The Labute approximate surface area is 98.9 Å². The first kappa shape index (κ1) is 11.8. The molecular formula is C11H16FN5. The number of fused-ring (bicyclic) bond motifs is 1. The molecule has 2 aromatic heterocycles. The van der Waals surface area contributed by atoms with Gasteiger partial charge in [-0.2, -0.15) is 9.37 Å². The van der Waals surface area contributed by atoms with Gasteiger partial charge in [-0.1, -0.05) is 20.8 Å². The average molecular weight is 237 g/mol. The van der Waals surface area contributed by atoms with E-state index in [1.807, 2.05) is 0 Å². The van der Waals surface area contributed by atoms with Crippen LogP contribution in [0.4, 0.5) is 10.2 Å². The van der Waals surface area contributed by atoms with E-state index in [0.29, 0.717) is 22.9 Å². The summed E-state index contributed by atoms with van der Waals surface area (Å²) in [5.74, 6) is 1.05. The number of nitrogens with zero attached hydrogens (tertiary/aromatic N) is 3. The van der Waals surface area contributed by atoms with E-state index in [-0.39, 0.29) is 6.04 Å². The van der Waals surface area contributed by atoms with Gasteiger partial charge < -0.3 is 5.32 Å². The molecule has 0 saturated carbocycles. The molecule has 0 radical (unpaired) electrons. The van der Waals surface area contributed by atoms with E-state index < -0.39 is 6.08 Å². The van der Waals surface area contributed by atoms with Crippen LogP contribution in [0.2, 0.25) is 0 Å². The van der Waals surface area contributed by atoms with Crippen molar-refractivity contribution in [3.05, 3.63) is 12.4 Å². The van der Waals surface area contributed by atoms with Gasteiger partial charge in [-0.25, -0.2) is 9.97 Å². The first-order valence-corrected chi connectivity index (χ1v) is 5.74. The number of anilines is 1. The Hall–Kier alpha value is -1.72. The molecule has 2 N–H and O–H groups in total. The van der Waals surface area contributed by atoms with Gasteiger partial charge in [-0.05, 0) is 12.3 Å². The first-order valence-electron chi connectivity index (χ1n) is 5.74. The van der Waals surface area contributed by atoms with Crippen LogP contribution in [0, 0.1) is 12.0 Å². The summed E-state index contributed by atoms with van der Waals surface area (Å²) in [5.41, 5.74) is 0.864. The van der Waals surface area contributed by atoms with E-state index in [4.69, 9.17) is 0 Å². The third-order valence-corrected chi connectivity index (χ3v) is 2.82. The van der Waals surface area contributed by atoms with Crippen LogP contribution in [-0.4, -0.2) is 26.0 Å². The summed E-state index contributed by atoms with van der Waals surface area (Å²) in [6.07, 6.45) is 1.73. The van der Waals surface area contributed by atoms with Crippen LogP contribution in [0.15, 0.2) is 6.33 Å². The molecule has 2 aromatic rings. The van der Waals surface area contributed by atoms with Crippen LogP contribution < -0.4 is 5.32 Å². The second-order valence-electron chi connectivity index (χ2n) is 4.35. The van der Waals surface area contributed by atoms with E-state index >= 15 is 0 Å². The lowest BCUT2D eigenvalue weighted by molar-refractivity contribution is 0.510. The smallest absolute Gasteiger partial charge is 0.288 e. The Morgan fingerprint density at radius 2 is 2.18 bits per heavy atom. The molecule has 0 bridgehead atoms. The summed E-state index contributed by atoms with van der Waals surface area (Å²) in [7, 11) is 0. The molecule has 0 saturated heterocycles. The number of imidazole rings is 1. The number of hydrogen-bond donors (Lipinski definition) is 2. The fourth-order valence-electron chi connectivity index (χ4n) is 1.82. The van der Waals surface area contributed by atoms with Crippen molar-refractivity contribution in [1.82, 2.24) is 19.9 Å². The maximum atomic E-state index is 13.0. The predicted molar refractivity (Wildman–Crippen MR) is 64.2 cm³/mol. The highest BCUT2D eigenvalue weighted by molar-refractivity contribution is 5.82. The van der Waals surface area contributed by atoms with Crippen molar-refractivity contribution >= 4 is 17.0 Å². The molecule has 1 atom stereocenters. The van der Waals surface area contributed by atoms with E-state index in [0.717, 1.165) is 6.42 Å². The SMILES string of the molecule is CC[C@H](Nc1ncnc2[nH]c(F)nc12)C(C)C. The molecule has 2 heterocycles. The largest absolute Gasteiger partial charge is 0.365 e. The fraction of sp³-hybridized carbons (Fsp3) is 0.545. The number of aromatic nitrogens is 4. The van der Waals surface area contributed by atoms with Crippen molar-refractivity contribution in [1.29, 1.82) is 0 Å².